The van der Waals surface area contributed by atoms with Gasteiger partial charge < -0.3 is 15.5 Å². The molecule has 2 fully saturated rings. The van der Waals surface area contributed by atoms with Gasteiger partial charge in [0.1, 0.15) is 0 Å². The smallest absolute Gasteiger partial charge is 0.277 e. The van der Waals surface area contributed by atoms with Crippen LogP contribution in [0.2, 0.25) is 0 Å². The quantitative estimate of drug-likeness (QED) is 0.741. The van der Waals surface area contributed by atoms with Crippen molar-refractivity contribution in [3.8, 4) is 0 Å². The lowest BCUT2D eigenvalue weighted by molar-refractivity contribution is 0.102. The molecule has 0 radical (unpaired) electrons. The van der Waals surface area contributed by atoms with E-state index in [1.807, 2.05) is 22.9 Å². The molecule has 1 saturated carbocycles. The molecule has 9 heteroatoms. The van der Waals surface area contributed by atoms with Crippen molar-refractivity contribution < 1.29 is 4.79 Å². The van der Waals surface area contributed by atoms with Crippen LogP contribution in [0.25, 0.3) is 0 Å². The van der Waals surface area contributed by atoms with Crippen LogP contribution >= 0.6 is 24.8 Å². The average Bonchev–Trinajstić information content (AvgIpc) is 3.41. The zero-order valence-corrected chi connectivity index (χ0v) is 18.3. The molecule has 2 heterocycles. The summed E-state index contributed by atoms with van der Waals surface area (Å²) in [5.74, 6) is -0.206. The molecule has 160 valence electrons. The van der Waals surface area contributed by atoms with Crippen molar-refractivity contribution in [1.29, 1.82) is 0 Å². The van der Waals surface area contributed by atoms with Gasteiger partial charge in [-0.3, -0.25) is 4.79 Å². The van der Waals surface area contributed by atoms with E-state index >= 15 is 0 Å². The van der Waals surface area contributed by atoms with E-state index in [1.165, 1.54) is 25.7 Å². The molecule has 1 saturated heterocycles. The molecule has 29 heavy (non-hydrogen) atoms. The standard InChI is InChI=1S/C20H28N6O.2ClH/c1-25(15-6-2-3-7-15)19-9-5-4-8-17(19)22-20(27)18-14-26(24-23-18)16-10-12-21-13-11-16;;/h4-5,8-9,14-16,21H,2-3,6-7,10-13H2,1H3,(H,22,27);2*1H. The van der Waals surface area contributed by atoms with Crippen molar-refractivity contribution in [2.45, 2.75) is 50.6 Å². The number of halogens is 2. The van der Waals surface area contributed by atoms with Crippen LogP contribution in [-0.4, -0.2) is 47.1 Å². The normalized spacial score (nSPS) is 17.3. The molecule has 1 aromatic carbocycles. The van der Waals surface area contributed by atoms with Gasteiger partial charge in [-0.2, -0.15) is 0 Å². The summed E-state index contributed by atoms with van der Waals surface area (Å²) in [6, 6.07) is 8.86. The monoisotopic (exact) mass is 440 g/mol. The van der Waals surface area contributed by atoms with E-state index in [0.717, 1.165) is 37.3 Å². The zero-order valence-electron chi connectivity index (χ0n) is 16.7. The number of piperidine rings is 1. The van der Waals surface area contributed by atoms with Gasteiger partial charge in [0.2, 0.25) is 0 Å². The second-order valence-electron chi connectivity index (χ2n) is 7.59. The molecule has 1 aliphatic heterocycles. The van der Waals surface area contributed by atoms with Gasteiger partial charge in [0, 0.05) is 13.1 Å². The van der Waals surface area contributed by atoms with Crippen LogP contribution in [-0.2, 0) is 0 Å². The Bertz CT molecular complexity index is 787. The molecule has 1 amide bonds. The Balaban J connectivity index is 0.00000150. The molecule has 4 rings (SSSR count). The second-order valence-corrected chi connectivity index (χ2v) is 7.59. The van der Waals surface area contributed by atoms with Crippen molar-refractivity contribution in [3.63, 3.8) is 0 Å². The van der Waals surface area contributed by atoms with Gasteiger partial charge in [0.15, 0.2) is 5.69 Å². The number of carbonyl (C=O) groups is 1. The largest absolute Gasteiger partial charge is 0.370 e. The topological polar surface area (TPSA) is 75.1 Å². The Morgan fingerprint density at radius 1 is 1.14 bits per heavy atom. The van der Waals surface area contributed by atoms with Crippen LogP contribution in [0.15, 0.2) is 30.5 Å². The molecule has 2 aliphatic rings. The maximum atomic E-state index is 12.7. The number of benzene rings is 1. The van der Waals surface area contributed by atoms with Gasteiger partial charge in [-0.25, -0.2) is 4.68 Å². The minimum Gasteiger partial charge on any atom is -0.370 e. The SMILES string of the molecule is CN(c1ccccc1NC(=O)c1cn(C2CCNCC2)nn1)C1CCCC1.Cl.Cl. The number of nitrogens with one attached hydrogen (secondary N) is 2. The Labute approximate surface area is 184 Å². The maximum Gasteiger partial charge on any atom is 0.277 e. The molecule has 0 atom stereocenters. The fourth-order valence-electron chi connectivity index (χ4n) is 4.19. The summed E-state index contributed by atoms with van der Waals surface area (Å²) in [7, 11) is 2.12. The van der Waals surface area contributed by atoms with Crippen molar-refractivity contribution in [3.05, 3.63) is 36.2 Å². The Morgan fingerprint density at radius 2 is 1.83 bits per heavy atom. The van der Waals surface area contributed by atoms with E-state index in [4.69, 9.17) is 0 Å². The predicted octanol–water partition coefficient (Wildman–Crippen LogP) is 3.68. The fraction of sp³-hybridized carbons (Fsp3) is 0.550. The second kappa shape index (κ2) is 10.8. The fourth-order valence-corrected chi connectivity index (χ4v) is 4.19. The molecule has 2 N–H and O–H groups in total. The highest BCUT2D eigenvalue weighted by Crippen LogP contribution is 2.32. The molecule has 1 aromatic heterocycles. The van der Waals surface area contributed by atoms with E-state index in [0.29, 0.717) is 17.8 Å². The highest BCUT2D eigenvalue weighted by molar-refractivity contribution is 6.04. The summed E-state index contributed by atoms with van der Waals surface area (Å²) in [5, 5.41) is 14.7. The molecule has 2 aromatic rings. The predicted molar refractivity (Wildman–Crippen MR) is 121 cm³/mol. The number of para-hydroxylation sites is 2. The van der Waals surface area contributed by atoms with Gasteiger partial charge in [0.05, 0.1) is 23.6 Å². The molecule has 0 unspecified atom stereocenters. The molecule has 0 spiro atoms. The maximum absolute atomic E-state index is 12.7. The highest BCUT2D eigenvalue weighted by Gasteiger charge is 2.23. The number of amides is 1. The first kappa shape index (κ1) is 23.4. The van der Waals surface area contributed by atoms with Crippen molar-refractivity contribution in [2.75, 3.05) is 30.4 Å². The first-order valence-corrected chi connectivity index (χ1v) is 9.98. The summed E-state index contributed by atoms with van der Waals surface area (Å²) in [4.78, 5) is 15.0. The van der Waals surface area contributed by atoms with E-state index in [2.05, 4.69) is 39.0 Å². The molecule has 0 bridgehead atoms. The number of hydrogen-bond acceptors (Lipinski definition) is 5. The van der Waals surface area contributed by atoms with Gasteiger partial charge in [0.25, 0.3) is 5.91 Å². The van der Waals surface area contributed by atoms with Crippen LogP contribution in [0.4, 0.5) is 11.4 Å². The number of nitrogens with zero attached hydrogens (tertiary/aromatic N) is 4. The Hall–Kier alpha value is -1.83. The summed E-state index contributed by atoms with van der Waals surface area (Å²) in [6.45, 7) is 1.96. The minimum atomic E-state index is -0.206. The average molecular weight is 441 g/mol. The summed E-state index contributed by atoms with van der Waals surface area (Å²) in [6.07, 6.45) is 8.78. The zero-order chi connectivity index (χ0) is 18.6. The highest BCUT2D eigenvalue weighted by atomic mass is 35.5. The molecular weight excluding hydrogens is 411 g/mol. The summed E-state index contributed by atoms with van der Waals surface area (Å²) >= 11 is 0. The van der Waals surface area contributed by atoms with Gasteiger partial charge in [-0.15, -0.1) is 29.9 Å². The van der Waals surface area contributed by atoms with Gasteiger partial charge >= 0.3 is 0 Å². The number of carbonyl (C=O) groups excluding carboxylic acids is 1. The third-order valence-electron chi connectivity index (χ3n) is 5.83. The van der Waals surface area contributed by atoms with E-state index < -0.39 is 0 Å². The van der Waals surface area contributed by atoms with Crippen molar-refractivity contribution in [2.24, 2.45) is 0 Å². The third kappa shape index (κ3) is 5.41. The lowest BCUT2D eigenvalue weighted by Gasteiger charge is -2.28. The van der Waals surface area contributed by atoms with Gasteiger partial charge in [-0.05, 0) is 50.9 Å². The lowest BCUT2D eigenvalue weighted by Crippen LogP contribution is -2.30. The first-order valence-electron chi connectivity index (χ1n) is 9.98. The molecular formula is C20H30Cl2N6O. The van der Waals surface area contributed by atoms with E-state index in [-0.39, 0.29) is 30.7 Å². The lowest BCUT2D eigenvalue weighted by atomic mass is 10.1. The van der Waals surface area contributed by atoms with Crippen LogP contribution in [0.5, 0.6) is 0 Å². The first-order chi connectivity index (χ1) is 13.2. The Kier molecular flexibility index (Phi) is 8.74. The summed E-state index contributed by atoms with van der Waals surface area (Å²) < 4.78 is 1.84. The van der Waals surface area contributed by atoms with Crippen LogP contribution in [0.3, 0.4) is 0 Å². The van der Waals surface area contributed by atoms with Crippen LogP contribution in [0, 0.1) is 0 Å². The van der Waals surface area contributed by atoms with E-state index in [1.54, 1.807) is 6.20 Å². The van der Waals surface area contributed by atoms with Crippen molar-refractivity contribution >= 4 is 42.1 Å². The number of rotatable bonds is 5. The number of anilines is 2. The third-order valence-corrected chi connectivity index (χ3v) is 5.83. The Morgan fingerprint density at radius 3 is 2.55 bits per heavy atom. The van der Waals surface area contributed by atoms with Gasteiger partial charge in [-0.1, -0.05) is 30.2 Å². The molecule has 7 nitrogen and oxygen atoms in total. The van der Waals surface area contributed by atoms with E-state index in [9.17, 15) is 4.79 Å². The summed E-state index contributed by atoms with van der Waals surface area (Å²) in [5.41, 5.74) is 2.25. The number of aromatic nitrogens is 3. The molecule has 1 aliphatic carbocycles. The van der Waals surface area contributed by atoms with Crippen LogP contribution in [0.1, 0.15) is 55.1 Å². The minimum absolute atomic E-state index is 0. The van der Waals surface area contributed by atoms with Crippen LogP contribution < -0.4 is 15.5 Å². The van der Waals surface area contributed by atoms with Crippen molar-refractivity contribution in [1.82, 2.24) is 20.3 Å². The number of hydrogen-bond donors (Lipinski definition) is 2.